The molecule has 0 aliphatic carbocycles. The normalized spacial score (nSPS) is 17.7. The third-order valence-electron chi connectivity index (χ3n) is 3.11. The predicted octanol–water partition coefficient (Wildman–Crippen LogP) is 2.56. The van der Waals surface area contributed by atoms with Crippen LogP contribution < -0.4 is 9.47 Å². The van der Waals surface area contributed by atoms with Gasteiger partial charge in [0.05, 0.1) is 12.7 Å². The topological polar surface area (TPSA) is 47.9 Å². The van der Waals surface area contributed by atoms with Gasteiger partial charge >= 0.3 is 0 Å². The van der Waals surface area contributed by atoms with Crippen LogP contribution in [-0.4, -0.2) is 36.1 Å². The quantitative estimate of drug-likeness (QED) is 0.870. The molecule has 1 N–H and O–H groups in total. The summed E-state index contributed by atoms with van der Waals surface area (Å²) in [5, 5.41) is 9.82. The van der Waals surface area contributed by atoms with Gasteiger partial charge < -0.3 is 19.3 Å². The van der Waals surface area contributed by atoms with Gasteiger partial charge in [-0.15, -0.1) is 0 Å². The Bertz CT molecular complexity index is 454. The first-order chi connectivity index (χ1) is 9.37. The molecule has 1 heterocycles. The van der Waals surface area contributed by atoms with Crippen molar-refractivity contribution in [2.75, 3.05) is 13.2 Å². The summed E-state index contributed by atoms with van der Waals surface area (Å²) in [5.41, 5.74) is 0.960. The van der Waals surface area contributed by atoms with E-state index in [1.165, 1.54) is 0 Å². The number of aliphatic hydroxyl groups excluding tert-OH is 1. The van der Waals surface area contributed by atoms with E-state index in [2.05, 4.69) is 19.9 Å². The molecule has 0 saturated carbocycles. The van der Waals surface area contributed by atoms with Gasteiger partial charge in [0.2, 0.25) is 0 Å². The van der Waals surface area contributed by atoms with Crippen LogP contribution in [0.4, 0.5) is 0 Å². The van der Waals surface area contributed by atoms with E-state index >= 15 is 0 Å². The average molecular weight is 280 g/mol. The zero-order valence-electron chi connectivity index (χ0n) is 12.7. The molecule has 20 heavy (non-hydrogen) atoms. The zero-order valence-corrected chi connectivity index (χ0v) is 12.7. The standard InChI is InChI=1S/C16H24O4/c1-11(2)18-9-13(17)10-19-14-7-5-6-12-8-16(3,4)20-15(12)14/h5-7,11,13,17H,8-10H2,1-4H3. The molecule has 1 aromatic carbocycles. The summed E-state index contributed by atoms with van der Waals surface area (Å²) < 4.78 is 17.0. The van der Waals surface area contributed by atoms with E-state index in [0.29, 0.717) is 5.75 Å². The van der Waals surface area contributed by atoms with E-state index in [1.54, 1.807) is 0 Å². The van der Waals surface area contributed by atoms with Gasteiger partial charge in [0.25, 0.3) is 0 Å². The van der Waals surface area contributed by atoms with Gasteiger partial charge in [-0.2, -0.15) is 0 Å². The van der Waals surface area contributed by atoms with Crippen LogP contribution in [0, 0.1) is 0 Å². The Morgan fingerprint density at radius 2 is 2.05 bits per heavy atom. The first-order valence-electron chi connectivity index (χ1n) is 7.11. The van der Waals surface area contributed by atoms with Crippen LogP contribution in [0.25, 0.3) is 0 Å². The predicted molar refractivity (Wildman–Crippen MR) is 77.4 cm³/mol. The van der Waals surface area contributed by atoms with Crippen LogP contribution in [0.5, 0.6) is 11.5 Å². The Hall–Kier alpha value is -1.26. The van der Waals surface area contributed by atoms with Gasteiger partial charge in [0, 0.05) is 12.0 Å². The monoisotopic (exact) mass is 280 g/mol. The molecule has 0 fully saturated rings. The smallest absolute Gasteiger partial charge is 0.165 e. The van der Waals surface area contributed by atoms with Crippen molar-refractivity contribution >= 4 is 0 Å². The number of ether oxygens (including phenoxy) is 3. The second kappa shape index (κ2) is 6.02. The largest absolute Gasteiger partial charge is 0.487 e. The molecule has 1 aliphatic heterocycles. The minimum Gasteiger partial charge on any atom is -0.487 e. The number of aliphatic hydroxyl groups is 1. The summed E-state index contributed by atoms with van der Waals surface area (Å²) in [7, 11) is 0. The maximum absolute atomic E-state index is 9.82. The highest BCUT2D eigenvalue weighted by molar-refractivity contribution is 5.50. The van der Waals surface area contributed by atoms with Crippen molar-refractivity contribution in [1.29, 1.82) is 0 Å². The van der Waals surface area contributed by atoms with Crippen LogP contribution in [-0.2, 0) is 11.2 Å². The lowest BCUT2D eigenvalue weighted by molar-refractivity contribution is -0.0129. The molecule has 0 bridgehead atoms. The van der Waals surface area contributed by atoms with E-state index in [9.17, 15) is 5.11 Å². The summed E-state index contributed by atoms with van der Waals surface area (Å²) in [4.78, 5) is 0. The molecule has 1 aliphatic rings. The summed E-state index contributed by atoms with van der Waals surface area (Å²) >= 11 is 0. The molecule has 1 unspecified atom stereocenters. The van der Waals surface area contributed by atoms with Crippen LogP contribution in [0.15, 0.2) is 18.2 Å². The third-order valence-corrected chi connectivity index (χ3v) is 3.11. The van der Waals surface area contributed by atoms with Gasteiger partial charge in [0.1, 0.15) is 18.3 Å². The molecule has 4 nitrogen and oxygen atoms in total. The second-order valence-electron chi connectivity index (χ2n) is 6.13. The number of para-hydroxylation sites is 1. The minimum absolute atomic E-state index is 0.106. The van der Waals surface area contributed by atoms with E-state index in [0.717, 1.165) is 17.7 Å². The molecule has 0 spiro atoms. The van der Waals surface area contributed by atoms with Gasteiger partial charge in [-0.25, -0.2) is 0 Å². The molecule has 1 aromatic rings. The molecule has 0 aromatic heterocycles. The van der Waals surface area contributed by atoms with Gasteiger partial charge in [-0.1, -0.05) is 12.1 Å². The van der Waals surface area contributed by atoms with E-state index in [4.69, 9.17) is 14.2 Å². The maximum Gasteiger partial charge on any atom is 0.165 e. The van der Waals surface area contributed by atoms with Crippen LogP contribution >= 0.6 is 0 Å². The van der Waals surface area contributed by atoms with Gasteiger partial charge in [-0.3, -0.25) is 0 Å². The molecular formula is C16H24O4. The number of fused-ring (bicyclic) bond motifs is 1. The van der Waals surface area contributed by atoms with Crippen LogP contribution in [0.3, 0.4) is 0 Å². The van der Waals surface area contributed by atoms with E-state index in [1.807, 2.05) is 26.0 Å². The first kappa shape index (κ1) is 15.1. The second-order valence-corrected chi connectivity index (χ2v) is 6.13. The number of rotatable bonds is 6. The summed E-state index contributed by atoms with van der Waals surface area (Å²) in [5.74, 6) is 1.49. The van der Waals surface area contributed by atoms with Gasteiger partial charge in [-0.05, 0) is 33.8 Å². The summed E-state index contributed by atoms with van der Waals surface area (Å²) in [6, 6.07) is 5.88. The zero-order chi connectivity index (χ0) is 14.8. The highest BCUT2D eigenvalue weighted by Gasteiger charge is 2.32. The lowest BCUT2D eigenvalue weighted by Gasteiger charge is -2.19. The van der Waals surface area contributed by atoms with Crippen molar-refractivity contribution in [3.05, 3.63) is 23.8 Å². The lowest BCUT2D eigenvalue weighted by atomic mass is 10.0. The maximum atomic E-state index is 9.82. The highest BCUT2D eigenvalue weighted by atomic mass is 16.5. The molecular weight excluding hydrogens is 256 g/mol. The van der Waals surface area contributed by atoms with Crippen LogP contribution in [0.2, 0.25) is 0 Å². The molecule has 0 saturated heterocycles. The van der Waals surface area contributed by atoms with Crippen molar-refractivity contribution in [3.63, 3.8) is 0 Å². The van der Waals surface area contributed by atoms with Crippen LogP contribution in [0.1, 0.15) is 33.3 Å². The Labute approximate surface area is 120 Å². The Morgan fingerprint density at radius 1 is 1.30 bits per heavy atom. The number of benzene rings is 1. The molecule has 4 heteroatoms. The Morgan fingerprint density at radius 3 is 2.75 bits per heavy atom. The fourth-order valence-electron chi connectivity index (χ4n) is 2.24. The van der Waals surface area contributed by atoms with Crippen molar-refractivity contribution in [1.82, 2.24) is 0 Å². The highest BCUT2D eigenvalue weighted by Crippen LogP contribution is 2.41. The van der Waals surface area contributed by atoms with Gasteiger partial charge in [0.15, 0.2) is 11.5 Å². The number of hydrogen-bond acceptors (Lipinski definition) is 4. The fourth-order valence-corrected chi connectivity index (χ4v) is 2.24. The first-order valence-corrected chi connectivity index (χ1v) is 7.11. The minimum atomic E-state index is -0.636. The van der Waals surface area contributed by atoms with Crippen molar-refractivity contribution in [3.8, 4) is 11.5 Å². The van der Waals surface area contributed by atoms with Crippen molar-refractivity contribution in [2.24, 2.45) is 0 Å². The van der Waals surface area contributed by atoms with Crippen molar-refractivity contribution < 1.29 is 19.3 Å². The molecule has 112 valence electrons. The Kier molecular flexibility index (Phi) is 4.55. The molecule has 1 atom stereocenters. The summed E-state index contributed by atoms with van der Waals surface area (Å²) in [6.45, 7) is 8.47. The van der Waals surface area contributed by atoms with Crippen molar-refractivity contribution in [2.45, 2.75) is 51.9 Å². The molecule has 0 radical (unpaired) electrons. The summed E-state index contributed by atoms with van der Waals surface area (Å²) in [6.07, 6.45) is 0.343. The Balaban J connectivity index is 1.93. The average Bonchev–Trinajstić information content (AvgIpc) is 2.68. The molecule has 2 rings (SSSR count). The number of hydrogen-bond donors (Lipinski definition) is 1. The SMILES string of the molecule is CC(C)OCC(O)COc1cccc2c1OC(C)(C)C2. The molecule has 0 amide bonds. The third kappa shape index (κ3) is 3.87. The lowest BCUT2D eigenvalue weighted by Crippen LogP contribution is -2.26. The van der Waals surface area contributed by atoms with E-state index in [-0.39, 0.29) is 24.9 Å². The van der Waals surface area contributed by atoms with E-state index < -0.39 is 6.10 Å². The fraction of sp³-hybridized carbons (Fsp3) is 0.625.